The van der Waals surface area contributed by atoms with Crippen LogP contribution in [0.5, 0.6) is 5.75 Å². The van der Waals surface area contributed by atoms with E-state index in [1.54, 1.807) is 7.05 Å². The van der Waals surface area contributed by atoms with E-state index in [2.05, 4.69) is 5.32 Å². The van der Waals surface area contributed by atoms with E-state index in [9.17, 15) is 14.0 Å². The number of benzene rings is 2. The fourth-order valence-electron chi connectivity index (χ4n) is 2.82. The van der Waals surface area contributed by atoms with Crippen molar-refractivity contribution in [3.63, 3.8) is 0 Å². The molecule has 6 heteroatoms. The molecule has 0 aromatic heterocycles. The van der Waals surface area contributed by atoms with E-state index in [1.807, 2.05) is 38.1 Å². The van der Waals surface area contributed by atoms with Crippen LogP contribution in [0.1, 0.15) is 24.5 Å². The van der Waals surface area contributed by atoms with Crippen LogP contribution in [0, 0.1) is 12.7 Å². The molecule has 5 nitrogen and oxygen atoms in total. The standard InChI is InChI=1S/C21H25FN2O3/c1-4-19(21(26)23-3)24(13-16-8-6-5-7-15(16)2)20(25)14-27-18-11-9-17(22)10-12-18/h5-12,19H,4,13-14H2,1-3H3,(H,23,26). The van der Waals surface area contributed by atoms with Gasteiger partial charge in [0.15, 0.2) is 6.61 Å². The van der Waals surface area contributed by atoms with Gasteiger partial charge in [-0.2, -0.15) is 0 Å². The second-order valence-corrected chi connectivity index (χ2v) is 6.23. The molecule has 0 radical (unpaired) electrons. The van der Waals surface area contributed by atoms with Gasteiger partial charge in [0, 0.05) is 13.6 Å². The normalized spacial score (nSPS) is 11.6. The smallest absolute Gasteiger partial charge is 0.261 e. The number of rotatable bonds is 8. The van der Waals surface area contributed by atoms with Crippen LogP contribution in [-0.4, -0.2) is 36.4 Å². The highest BCUT2D eigenvalue weighted by atomic mass is 19.1. The average Bonchev–Trinajstić information content (AvgIpc) is 2.68. The van der Waals surface area contributed by atoms with Crippen molar-refractivity contribution in [1.29, 1.82) is 0 Å². The number of carbonyl (C=O) groups is 2. The molecule has 0 bridgehead atoms. The Hall–Kier alpha value is -2.89. The molecule has 144 valence electrons. The van der Waals surface area contributed by atoms with Crippen molar-refractivity contribution in [2.45, 2.75) is 32.9 Å². The number of nitrogens with zero attached hydrogens (tertiary/aromatic N) is 1. The van der Waals surface area contributed by atoms with Gasteiger partial charge in [0.2, 0.25) is 5.91 Å². The molecular weight excluding hydrogens is 347 g/mol. The molecule has 2 aromatic carbocycles. The summed E-state index contributed by atoms with van der Waals surface area (Å²) in [4.78, 5) is 26.7. The Bertz CT molecular complexity index is 777. The van der Waals surface area contributed by atoms with Gasteiger partial charge in [0.05, 0.1) is 0 Å². The topological polar surface area (TPSA) is 58.6 Å². The Balaban J connectivity index is 2.19. The molecular formula is C21H25FN2O3. The van der Waals surface area contributed by atoms with E-state index < -0.39 is 6.04 Å². The van der Waals surface area contributed by atoms with E-state index in [0.717, 1.165) is 11.1 Å². The number of carbonyl (C=O) groups excluding carboxylic acids is 2. The summed E-state index contributed by atoms with van der Waals surface area (Å²) in [6.45, 7) is 3.90. The zero-order valence-corrected chi connectivity index (χ0v) is 15.9. The number of likely N-dealkylation sites (N-methyl/N-ethyl adjacent to an activating group) is 1. The van der Waals surface area contributed by atoms with E-state index in [4.69, 9.17) is 4.74 Å². The van der Waals surface area contributed by atoms with Crippen LogP contribution in [0.25, 0.3) is 0 Å². The lowest BCUT2D eigenvalue weighted by atomic mass is 10.1. The molecule has 0 saturated carbocycles. The number of amides is 2. The summed E-state index contributed by atoms with van der Waals surface area (Å²) in [6.07, 6.45) is 0.480. The molecule has 1 atom stereocenters. The molecule has 0 saturated heterocycles. The molecule has 1 unspecified atom stereocenters. The highest BCUT2D eigenvalue weighted by molar-refractivity contribution is 5.88. The maximum atomic E-state index is 13.0. The second-order valence-electron chi connectivity index (χ2n) is 6.23. The predicted octanol–water partition coefficient (Wildman–Crippen LogP) is 3.07. The van der Waals surface area contributed by atoms with Crippen molar-refractivity contribution in [3.05, 3.63) is 65.5 Å². The predicted molar refractivity (Wildman–Crippen MR) is 102 cm³/mol. The van der Waals surface area contributed by atoms with Crippen molar-refractivity contribution in [2.75, 3.05) is 13.7 Å². The van der Waals surface area contributed by atoms with Gasteiger partial charge >= 0.3 is 0 Å². The van der Waals surface area contributed by atoms with E-state index >= 15 is 0 Å². The Morgan fingerprint density at radius 2 is 1.81 bits per heavy atom. The fourth-order valence-corrected chi connectivity index (χ4v) is 2.82. The molecule has 0 aliphatic heterocycles. The summed E-state index contributed by atoms with van der Waals surface area (Å²) in [5.74, 6) is -0.506. The molecule has 0 aliphatic rings. The van der Waals surface area contributed by atoms with Gasteiger partial charge in [-0.1, -0.05) is 31.2 Å². The van der Waals surface area contributed by atoms with Crippen LogP contribution >= 0.6 is 0 Å². The summed E-state index contributed by atoms with van der Waals surface area (Å²) in [6, 6.07) is 12.6. The van der Waals surface area contributed by atoms with E-state index in [0.29, 0.717) is 18.7 Å². The van der Waals surface area contributed by atoms with Crippen molar-refractivity contribution >= 4 is 11.8 Å². The Morgan fingerprint density at radius 1 is 1.15 bits per heavy atom. The first-order valence-corrected chi connectivity index (χ1v) is 8.90. The fraction of sp³-hybridized carbons (Fsp3) is 0.333. The molecule has 0 spiro atoms. The lowest BCUT2D eigenvalue weighted by Crippen LogP contribution is -2.49. The number of ether oxygens (including phenoxy) is 1. The zero-order valence-electron chi connectivity index (χ0n) is 15.9. The largest absolute Gasteiger partial charge is 0.484 e. The minimum atomic E-state index is -0.598. The number of halogens is 1. The first kappa shape index (κ1) is 20.4. The molecule has 1 N–H and O–H groups in total. The minimum absolute atomic E-state index is 0.221. The SMILES string of the molecule is CCC(C(=O)NC)N(Cc1ccccc1C)C(=O)COc1ccc(F)cc1. The maximum Gasteiger partial charge on any atom is 0.261 e. The van der Waals surface area contributed by atoms with Crippen molar-refractivity contribution in [1.82, 2.24) is 10.2 Å². The van der Waals surface area contributed by atoms with Gasteiger partial charge < -0.3 is 15.0 Å². The highest BCUT2D eigenvalue weighted by Gasteiger charge is 2.28. The summed E-state index contributed by atoms with van der Waals surface area (Å²) in [5, 5.41) is 2.62. The molecule has 0 fully saturated rings. The summed E-state index contributed by atoms with van der Waals surface area (Å²) < 4.78 is 18.5. The Labute approximate surface area is 159 Å². The first-order valence-electron chi connectivity index (χ1n) is 8.90. The maximum absolute atomic E-state index is 13.0. The van der Waals surface area contributed by atoms with E-state index in [1.165, 1.54) is 29.2 Å². The second kappa shape index (κ2) is 9.71. The Kier molecular flexibility index (Phi) is 7.34. The third kappa shape index (κ3) is 5.54. The van der Waals surface area contributed by atoms with Crippen LogP contribution in [0.3, 0.4) is 0 Å². The summed E-state index contributed by atoms with van der Waals surface area (Å²) >= 11 is 0. The number of nitrogens with one attached hydrogen (secondary N) is 1. The van der Waals surface area contributed by atoms with Crippen LogP contribution in [0.2, 0.25) is 0 Å². The van der Waals surface area contributed by atoms with Gasteiger partial charge in [-0.15, -0.1) is 0 Å². The molecule has 2 amide bonds. The van der Waals surface area contributed by atoms with Crippen molar-refractivity contribution in [3.8, 4) is 5.75 Å². The van der Waals surface area contributed by atoms with Crippen molar-refractivity contribution < 1.29 is 18.7 Å². The van der Waals surface area contributed by atoms with Gasteiger partial charge in [0.25, 0.3) is 5.91 Å². The van der Waals surface area contributed by atoms with Crippen LogP contribution < -0.4 is 10.1 Å². The Morgan fingerprint density at radius 3 is 2.41 bits per heavy atom. The van der Waals surface area contributed by atoms with Gasteiger partial charge in [-0.25, -0.2) is 4.39 Å². The molecule has 2 aromatic rings. The third-order valence-electron chi connectivity index (χ3n) is 4.41. The summed E-state index contributed by atoms with van der Waals surface area (Å²) in [7, 11) is 1.55. The highest BCUT2D eigenvalue weighted by Crippen LogP contribution is 2.16. The van der Waals surface area contributed by atoms with E-state index in [-0.39, 0.29) is 24.2 Å². The third-order valence-corrected chi connectivity index (χ3v) is 4.41. The van der Waals surface area contributed by atoms with Crippen LogP contribution in [-0.2, 0) is 16.1 Å². The first-order chi connectivity index (χ1) is 13.0. The lowest BCUT2D eigenvalue weighted by Gasteiger charge is -2.30. The quantitative estimate of drug-likeness (QED) is 0.775. The van der Waals surface area contributed by atoms with Gasteiger partial charge in [-0.3, -0.25) is 9.59 Å². The molecule has 2 rings (SSSR count). The number of hydrogen-bond donors (Lipinski definition) is 1. The monoisotopic (exact) mass is 372 g/mol. The van der Waals surface area contributed by atoms with Crippen LogP contribution in [0.15, 0.2) is 48.5 Å². The van der Waals surface area contributed by atoms with Crippen LogP contribution in [0.4, 0.5) is 4.39 Å². The number of aryl methyl sites for hydroxylation is 1. The zero-order chi connectivity index (χ0) is 19.8. The minimum Gasteiger partial charge on any atom is -0.484 e. The molecule has 27 heavy (non-hydrogen) atoms. The lowest BCUT2D eigenvalue weighted by molar-refractivity contribution is -0.142. The molecule has 0 aliphatic carbocycles. The average molecular weight is 372 g/mol. The van der Waals surface area contributed by atoms with Gasteiger partial charge in [-0.05, 0) is 48.7 Å². The summed E-state index contributed by atoms with van der Waals surface area (Å²) in [5.41, 5.74) is 2.01. The molecule has 0 heterocycles. The van der Waals surface area contributed by atoms with Gasteiger partial charge in [0.1, 0.15) is 17.6 Å². The number of hydrogen-bond acceptors (Lipinski definition) is 3. The van der Waals surface area contributed by atoms with Crippen molar-refractivity contribution in [2.24, 2.45) is 0 Å².